The number of halogens is 4. The van der Waals surface area contributed by atoms with Crippen LogP contribution < -0.4 is 10.1 Å². The number of carbonyl (C=O) groups excluding carboxylic acids is 2. The van der Waals surface area contributed by atoms with Gasteiger partial charge in [0.2, 0.25) is 5.91 Å². The molecule has 2 unspecified atom stereocenters. The summed E-state index contributed by atoms with van der Waals surface area (Å²) in [7, 11) is 0. The van der Waals surface area contributed by atoms with Crippen LogP contribution in [0.5, 0.6) is 5.75 Å². The predicted molar refractivity (Wildman–Crippen MR) is 121 cm³/mol. The minimum atomic E-state index is -4.72. The van der Waals surface area contributed by atoms with E-state index in [2.05, 4.69) is 5.32 Å². The molecular weight excluding hydrogens is 489 g/mol. The van der Waals surface area contributed by atoms with E-state index in [1.165, 1.54) is 19.1 Å². The summed E-state index contributed by atoms with van der Waals surface area (Å²) in [6.07, 6.45) is -4.69. The van der Waals surface area contributed by atoms with Crippen LogP contribution in [0.1, 0.15) is 30.9 Å². The second-order valence-corrected chi connectivity index (χ2v) is 8.81. The molecule has 2 aromatic rings. The van der Waals surface area contributed by atoms with Crippen molar-refractivity contribution >= 4 is 29.4 Å². The second kappa shape index (κ2) is 10.7. The topological polar surface area (TPSA) is 95.9 Å². The highest BCUT2D eigenvalue weighted by atomic mass is 35.5. The fourth-order valence-corrected chi connectivity index (χ4v) is 4.06. The Labute approximate surface area is 204 Å². The number of carboxylic acid groups (broad SMARTS) is 1. The van der Waals surface area contributed by atoms with E-state index in [1.54, 1.807) is 29.2 Å². The third kappa shape index (κ3) is 6.12. The molecule has 35 heavy (non-hydrogen) atoms. The minimum absolute atomic E-state index is 0.0637. The molecule has 1 amide bonds. The van der Waals surface area contributed by atoms with Crippen LogP contribution in [0.25, 0.3) is 0 Å². The number of amides is 1. The first-order valence-corrected chi connectivity index (χ1v) is 11.2. The Hall–Kier alpha value is -3.11. The standard InChI is InChI=1S/C24H24ClF3N2O5/c1-23(22(34)29-12-4-7-20(31)32)18(14-30(23)13-15-8-10-16(25)11-9-15)21(33)35-19-6-3-2-5-17(19)24(26,27)28/h2-3,5-6,8-11,18H,4,7,12-14H2,1H3,(H,29,34)(H,31,32). The summed E-state index contributed by atoms with van der Waals surface area (Å²) in [5, 5.41) is 12.0. The minimum Gasteiger partial charge on any atom is -0.481 e. The van der Waals surface area contributed by atoms with Gasteiger partial charge in [-0.05, 0) is 43.2 Å². The number of carbonyl (C=O) groups is 3. The lowest BCUT2D eigenvalue weighted by Gasteiger charge is -2.54. The number of nitrogens with zero attached hydrogens (tertiary/aromatic N) is 1. The number of alkyl halides is 3. The lowest BCUT2D eigenvalue weighted by molar-refractivity contribution is -0.172. The third-order valence-corrected chi connectivity index (χ3v) is 6.28. The van der Waals surface area contributed by atoms with Crippen molar-refractivity contribution in [1.29, 1.82) is 0 Å². The molecule has 0 spiro atoms. The van der Waals surface area contributed by atoms with Crippen molar-refractivity contribution in [2.24, 2.45) is 5.92 Å². The van der Waals surface area contributed by atoms with Crippen LogP contribution in [0.2, 0.25) is 5.02 Å². The molecule has 1 saturated heterocycles. The molecule has 3 rings (SSSR count). The highest BCUT2D eigenvalue weighted by Gasteiger charge is 2.59. The summed E-state index contributed by atoms with van der Waals surface area (Å²) >= 11 is 5.92. The van der Waals surface area contributed by atoms with Gasteiger partial charge in [-0.2, -0.15) is 13.2 Å². The van der Waals surface area contributed by atoms with Crippen molar-refractivity contribution in [2.75, 3.05) is 13.1 Å². The number of para-hydroxylation sites is 1. The zero-order valence-electron chi connectivity index (χ0n) is 18.8. The molecule has 0 saturated carbocycles. The van der Waals surface area contributed by atoms with Crippen molar-refractivity contribution in [3.05, 3.63) is 64.7 Å². The summed E-state index contributed by atoms with van der Waals surface area (Å²) in [6, 6.07) is 11.3. The van der Waals surface area contributed by atoms with Gasteiger partial charge in [0.1, 0.15) is 11.3 Å². The Bertz CT molecular complexity index is 1090. The fraction of sp³-hybridized carbons (Fsp3) is 0.375. The van der Waals surface area contributed by atoms with Crippen LogP contribution in [0.4, 0.5) is 13.2 Å². The number of benzene rings is 2. The van der Waals surface area contributed by atoms with E-state index in [0.717, 1.165) is 17.7 Å². The summed E-state index contributed by atoms with van der Waals surface area (Å²) in [4.78, 5) is 38.5. The lowest BCUT2D eigenvalue weighted by Crippen LogP contribution is -2.73. The fourth-order valence-electron chi connectivity index (χ4n) is 3.93. The van der Waals surface area contributed by atoms with Crippen LogP contribution in [0, 0.1) is 5.92 Å². The quantitative estimate of drug-likeness (QED) is 0.298. The van der Waals surface area contributed by atoms with Gasteiger partial charge in [0.15, 0.2) is 0 Å². The number of hydrogen-bond acceptors (Lipinski definition) is 5. The number of ether oxygens (including phenoxy) is 1. The normalized spacial score (nSPS) is 20.1. The number of nitrogens with one attached hydrogen (secondary N) is 1. The molecule has 11 heteroatoms. The second-order valence-electron chi connectivity index (χ2n) is 8.38. The molecule has 2 N–H and O–H groups in total. The highest BCUT2D eigenvalue weighted by molar-refractivity contribution is 6.30. The zero-order valence-corrected chi connectivity index (χ0v) is 19.5. The van der Waals surface area contributed by atoms with Crippen molar-refractivity contribution in [1.82, 2.24) is 10.2 Å². The van der Waals surface area contributed by atoms with Gasteiger partial charge in [0.05, 0.1) is 11.5 Å². The van der Waals surface area contributed by atoms with Gasteiger partial charge in [-0.3, -0.25) is 19.3 Å². The van der Waals surface area contributed by atoms with Crippen molar-refractivity contribution in [2.45, 2.75) is 38.0 Å². The van der Waals surface area contributed by atoms with Crippen LogP contribution in [-0.2, 0) is 27.1 Å². The molecular formula is C24H24ClF3N2O5. The summed E-state index contributed by atoms with van der Waals surface area (Å²) in [5.74, 6) is -4.20. The maximum Gasteiger partial charge on any atom is 0.419 e. The average Bonchev–Trinajstić information content (AvgIpc) is 2.79. The molecule has 2 atom stereocenters. The van der Waals surface area contributed by atoms with E-state index in [9.17, 15) is 27.6 Å². The van der Waals surface area contributed by atoms with E-state index in [0.29, 0.717) is 5.02 Å². The Balaban J connectivity index is 1.80. The van der Waals surface area contributed by atoms with Crippen LogP contribution in [0.15, 0.2) is 48.5 Å². The summed E-state index contributed by atoms with van der Waals surface area (Å²) < 4.78 is 45.1. The van der Waals surface area contributed by atoms with Gasteiger partial charge < -0.3 is 15.2 Å². The monoisotopic (exact) mass is 512 g/mol. The molecule has 0 aromatic heterocycles. The number of carboxylic acids is 1. The number of likely N-dealkylation sites (tertiary alicyclic amines) is 1. The van der Waals surface area contributed by atoms with Crippen LogP contribution in [0.3, 0.4) is 0 Å². The average molecular weight is 513 g/mol. The van der Waals surface area contributed by atoms with Crippen molar-refractivity contribution in [3.63, 3.8) is 0 Å². The van der Waals surface area contributed by atoms with E-state index in [-0.39, 0.29) is 32.5 Å². The van der Waals surface area contributed by atoms with E-state index < -0.39 is 46.8 Å². The van der Waals surface area contributed by atoms with Gasteiger partial charge >= 0.3 is 18.1 Å². The Morgan fingerprint density at radius 3 is 2.46 bits per heavy atom. The first kappa shape index (κ1) is 26.5. The van der Waals surface area contributed by atoms with Gasteiger partial charge in [-0.1, -0.05) is 35.9 Å². The Kier molecular flexibility index (Phi) is 8.07. The largest absolute Gasteiger partial charge is 0.481 e. The Morgan fingerprint density at radius 1 is 1.17 bits per heavy atom. The maximum atomic E-state index is 13.3. The first-order valence-electron chi connectivity index (χ1n) is 10.8. The molecule has 1 heterocycles. The molecule has 2 aromatic carbocycles. The SMILES string of the molecule is CC1(C(=O)NCCCC(=O)O)C(C(=O)Oc2ccccc2C(F)(F)F)CN1Cc1ccc(Cl)cc1. The molecule has 0 aliphatic carbocycles. The van der Waals surface area contributed by atoms with Gasteiger partial charge in [-0.25, -0.2) is 0 Å². The maximum absolute atomic E-state index is 13.3. The van der Waals surface area contributed by atoms with E-state index >= 15 is 0 Å². The molecule has 0 radical (unpaired) electrons. The Morgan fingerprint density at radius 2 is 1.83 bits per heavy atom. The predicted octanol–water partition coefficient (Wildman–Crippen LogP) is 4.14. The summed E-state index contributed by atoms with van der Waals surface area (Å²) in [6.45, 7) is 1.93. The number of rotatable bonds is 9. The third-order valence-electron chi connectivity index (χ3n) is 6.03. The van der Waals surface area contributed by atoms with Crippen molar-refractivity contribution < 1.29 is 37.4 Å². The molecule has 1 aliphatic heterocycles. The smallest absolute Gasteiger partial charge is 0.419 e. The molecule has 188 valence electrons. The summed E-state index contributed by atoms with van der Waals surface area (Å²) in [5.41, 5.74) is -1.70. The van der Waals surface area contributed by atoms with Gasteiger partial charge in [-0.15, -0.1) is 0 Å². The lowest BCUT2D eigenvalue weighted by atomic mass is 9.74. The molecule has 0 bridgehead atoms. The number of hydrogen-bond donors (Lipinski definition) is 2. The molecule has 7 nitrogen and oxygen atoms in total. The van der Waals surface area contributed by atoms with E-state index in [4.69, 9.17) is 21.4 Å². The van der Waals surface area contributed by atoms with Crippen LogP contribution in [-0.4, -0.2) is 46.5 Å². The van der Waals surface area contributed by atoms with Crippen LogP contribution >= 0.6 is 11.6 Å². The number of esters is 1. The zero-order chi connectivity index (χ0) is 25.8. The molecule has 1 fully saturated rings. The highest BCUT2D eigenvalue weighted by Crippen LogP contribution is 2.41. The van der Waals surface area contributed by atoms with E-state index in [1.807, 2.05) is 0 Å². The van der Waals surface area contributed by atoms with Gasteiger partial charge in [0.25, 0.3) is 0 Å². The van der Waals surface area contributed by atoms with Gasteiger partial charge in [0, 0.05) is 31.1 Å². The van der Waals surface area contributed by atoms with Crippen molar-refractivity contribution in [3.8, 4) is 5.75 Å². The first-order chi connectivity index (χ1) is 16.4. The molecule has 1 aliphatic rings. The number of aliphatic carboxylic acids is 1.